The maximum Gasteiger partial charge on any atom is 0.304 e. The predicted octanol–water partition coefficient (Wildman–Crippen LogP) is 1.40. The Kier molecular flexibility index (Phi) is 3.90. The van der Waals surface area contributed by atoms with Crippen molar-refractivity contribution in [2.75, 3.05) is 0 Å². The van der Waals surface area contributed by atoms with E-state index in [1.807, 2.05) is 20.8 Å². The minimum absolute atomic E-state index is 0.0239. The Hall–Kier alpha value is -0.380. The minimum atomic E-state index is -1.08. The molecule has 0 fully saturated rings. The van der Waals surface area contributed by atoms with Gasteiger partial charge in [0.25, 0.3) is 0 Å². The van der Waals surface area contributed by atoms with Gasteiger partial charge >= 0.3 is 5.97 Å². The van der Waals surface area contributed by atoms with E-state index in [0.717, 1.165) is 0 Å². The highest BCUT2D eigenvalue weighted by Crippen LogP contribution is 2.17. The first-order valence-electron chi connectivity index (χ1n) is 3.87. The number of carboxylic acid groups (broad SMARTS) is 1. The molecule has 0 aromatic rings. The SMILES string of the molecule is C[C@H](CC(=O)O)S(=O)C(C)(C)C. The molecule has 0 rings (SSSR count). The average Bonchev–Trinajstić information content (AvgIpc) is 1.82. The lowest BCUT2D eigenvalue weighted by atomic mass is 10.3. The molecule has 0 spiro atoms. The third kappa shape index (κ3) is 3.85. The maximum atomic E-state index is 11.5. The molecule has 0 saturated carbocycles. The van der Waals surface area contributed by atoms with Crippen molar-refractivity contribution >= 4 is 16.8 Å². The zero-order chi connectivity index (χ0) is 9.94. The summed E-state index contributed by atoms with van der Waals surface area (Å²) in [5.41, 5.74) is 0. The molecule has 0 aliphatic rings. The van der Waals surface area contributed by atoms with Crippen molar-refractivity contribution in [2.24, 2.45) is 0 Å². The molecule has 72 valence electrons. The number of carbonyl (C=O) groups is 1. The Morgan fingerprint density at radius 2 is 1.92 bits per heavy atom. The lowest BCUT2D eigenvalue weighted by Crippen LogP contribution is -2.30. The van der Waals surface area contributed by atoms with Gasteiger partial charge in [0.05, 0.1) is 6.42 Å². The molecule has 4 heteroatoms. The largest absolute Gasteiger partial charge is 0.481 e. The number of hydrogen-bond acceptors (Lipinski definition) is 2. The van der Waals surface area contributed by atoms with Gasteiger partial charge < -0.3 is 5.11 Å². The maximum absolute atomic E-state index is 11.5. The van der Waals surface area contributed by atoms with Gasteiger partial charge in [-0.2, -0.15) is 0 Å². The number of carboxylic acids is 1. The van der Waals surface area contributed by atoms with Gasteiger partial charge in [-0.3, -0.25) is 9.00 Å². The average molecular weight is 192 g/mol. The minimum Gasteiger partial charge on any atom is -0.481 e. The Morgan fingerprint density at radius 1 is 1.50 bits per heavy atom. The second-order valence-electron chi connectivity index (χ2n) is 3.82. The van der Waals surface area contributed by atoms with Gasteiger partial charge in [0.2, 0.25) is 0 Å². The summed E-state index contributed by atoms with van der Waals surface area (Å²) >= 11 is 0. The molecule has 0 aliphatic heterocycles. The molecule has 1 N–H and O–H groups in total. The van der Waals surface area contributed by atoms with Crippen molar-refractivity contribution < 1.29 is 14.1 Å². The van der Waals surface area contributed by atoms with Crippen molar-refractivity contribution in [3.05, 3.63) is 0 Å². The molecule has 2 atom stereocenters. The molecule has 12 heavy (non-hydrogen) atoms. The van der Waals surface area contributed by atoms with Gasteiger partial charge in [0.1, 0.15) is 0 Å². The Morgan fingerprint density at radius 3 is 2.17 bits per heavy atom. The van der Waals surface area contributed by atoms with Crippen LogP contribution in [0.15, 0.2) is 0 Å². The van der Waals surface area contributed by atoms with Gasteiger partial charge in [-0.25, -0.2) is 0 Å². The fourth-order valence-corrected chi connectivity index (χ4v) is 2.43. The molecule has 0 aromatic heterocycles. The van der Waals surface area contributed by atoms with Gasteiger partial charge in [-0.1, -0.05) is 6.92 Å². The van der Waals surface area contributed by atoms with E-state index < -0.39 is 16.8 Å². The number of hydrogen-bond donors (Lipinski definition) is 1. The summed E-state index contributed by atoms with van der Waals surface area (Å²) in [6.07, 6.45) is -0.0239. The zero-order valence-corrected chi connectivity index (χ0v) is 8.77. The van der Waals surface area contributed by atoms with Crippen LogP contribution in [0, 0.1) is 0 Å². The van der Waals surface area contributed by atoms with Gasteiger partial charge in [-0.05, 0) is 20.8 Å². The highest BCUT2D eigenvalue weighted by molar-refractivity contribution is 7.87. The number of rotatable bonds is 3. The molecule has 1 unspecified atom stereocenters. The lowest BCUT2D eigenvalue weighted by Gasteiger charge is -2.21. The molecule has 0 aliphatic carbocycles. The van der Waals surface area contributed by atoms with Crippen LogP contribution in [0.4, 0.5) is 0 Å². The molecule has 0 amide bonds. The van der Waals surface area contributed by atoms with Gasteiger partial charge in [0, 0.05) is 20.8 Å². The highest BCUT2D eigenvalue weighted by Gasteiger charge is 2.26. The van der Waals surface area contributed by atoms with Crippen molar-refractivity contribution in [3.8, 4) is 0 Å². The van der Waals surface area contributed by atoms with E-state index in [4.69, 9.17) is 5.11 Å². The van der Waals surface area contributed by atoms with Gasteiger partial charge in [0.15, 0.2) is 0 Å². The zero-order valence-electron chi connectivity index (χ0n) is 7.96. The Bertz CT molecular complexity index is 193. The van der Waals surface area contributed by atoms with Crippen molar-refractivity contribution in [1.29, 1.82) is 0 Å². The number of aliphatic carboxylic acids is 1. The molecule has 0 aromatic carbocycles. The lowest BCUT2D eigenvalue weighted by molar-refractivity contribution is -0.136. The summed E-state index contributed by atoms with van der Waals surface area (Å²) in [6, 6.07) is 0. The van der Waals surface area contributed by atoms with Crippen LogP contribution >= 0.6 is 0 Å². The van der Waals surface area contributed by atoms with Crippen LogP contribution in [0.1, 0.15) is 34.1 Å². The van der Waals surface area contributed by atoms with E-state index in [0.29, 0.717) is 0 Å². The Balaban J connectivity index is 4.21. The summed E-state index contributed by atoms with van der Waals surface area (Å²) in [7, 11) is -1.08. The Labute approximate surface area is 75.6 Å². The summed E-state index contributed by atoms with van der Waals surface area (Å²) in [5, 5.41) is 8.19. The van der Waals surface area contributed by atoms with Crippen LogP contribution in [0.2, 0.25) is 0 Å². The third-order valence-electron chi connectivity index (χ3n) is 1.43. The summed E-state index contributed by atoms with van der Waals surface area (Å²) in [6.45, 7) is 7.25. The first-order chi connectivity index (χ1) is 5.25. The second-order valence-corrected chi connectivity index (χ2v) is 6.44. The van der Waals surface area contributed by atoms with Crippen molar-refractivity contribution in [3.63, 3.8) is 0 Å². The van der Waals surface area contributed by atoms with Crippen LogP contribution in [0.3, 0.4) is 0 Å². The van der Waals surface area contributed by atoms with E-state index >= 15 is 0 Å². The fourth-order valence-electron chi connectivity index (χ4n) is 0.925. The van der Waals surface area contributed by atoms with E-state index in [1.165, 1.54) is 0 Å². The van der Waals surface area contributed by atoms with Crippen molar-refractivity contribution in [1.82, 2.24) is 0 Å². The van der Waals surface area contributed by atoms with Crippen LogP contribution in [-0.4, -0.2) is 25.3 Å². The molecular formula is C8H16O3S. The molecular weight excluding hydrogens is 176 g/mol. The topological polar surface area (TPSA) is 54.4 Å². The van der Waals surface area contributed by atoms with Gasteiger partial charge in [-0.15, -0.1) is 0 Å². The molecule has 0 bridgehead atoms. The van der Waals surface area contributed by atoms with Crippen LogP contribution in [0.5, 0.6) is 0 Å². The monoisotopic (exact) mass is 192 g/mol. The first kappa shape index (κ1) is 11.6. The van der Waals surface area contributed by atoms with E-state index in [1.54, 1.807) is 6.92 Å². The molecule has 0 radical (unpaired) electrons. The molecule has 0 saturated heterocycles. The summed E-state index contributed by atoms with van der Waals surface area (Å²) < 4.78 is 11.2. The standard InChI is InChI=1S/C8H16O3S/c1-6(5-7(9)10)12(11)8(2,3)4/h6H,5H2,1-4H3,(H,9,10)/t6-,12?/m1/s1. The molecule has 3 nitrogen and oxygen atoms in total. The van der Waals surface area contributed by atoms with Crippen LogP contribution in [0.25, 0.3) is 0 Å². The predicted molar refractivity (Wildman–Crippen MR) is 49.6 cm³/mol. The smallest absolute Gasteiger partial charge is 0.304 e. The fraction of sp³-hybridized carbons (Fsp3) is 0.875. The summed E-state index contributed by atoms with van der Waals surface area (Å²) in [5.74, 6) is -0.889. The van der Waals surface area contributed by atoms with E-state index in [2.05, 4.69) is 0 Å². The van der Waals surface area contributed by atoms with Crippen LogP contribution < -0.4 is 0 Å². The molecule has 0 heterocycles. The van der Waals surface area contributed by atoms with E-state index in [9.17, 15) is 9.00 Å². The van der Waals surface area contributed by atoms with Crippen LogP contribution in [-0.2, 0) is 15.6 Å². The van der Waals surface area contributed by atoms with Crippen molar-refractivity contribution in [2.45, 2.75) is 44.1 Å². The highest BCUT2D eigenvalue weighted by atomic mass is 32.2. The first-order valence-corrected chi connectivity index (χ1v) is 5.09. The summed E-state index contributed by atoms with van der Waals surface area (Å²) in [4.78, 5) is 10.3. The second kappa shape index (κ2) is 4.03. The quantitative estimate of drug-likeness (QED) is 0.735. The third-order valence-corrected chi connectivity index (χ3v) is 3.54. The van der Waals surface area contributed by atoms with E-state index in [-0.39, 0.29) is 16.4 Å². The normalized spacial score (nSPS) is 17.0.